The van der Waals surface area contributed by atoms with Crippen molar-refractivity contribution in [2.75, 3.05) is 5.75 Å². The minimum Gasteiger partial charge on any atom is -0.481 e. The van der Waals surface area contributed by atoms with Crippen LogP contribution >= 0.6 is 23.1 Å². The largest absolute Gasteiger partial charge is 0.481 e. The molecule has 96 valence electrons. The molecule has 0 spiro atoms. The second kappa shape index (κ2) is 5.94. The summed E-state index contributed by atoms with van der Waals surface area (Å²) in [5, 5.41) is 26.0. The minimum absolute atomic E-state index is 0.0910. The van der Waals surface area contributed by atoms with Crippen LogP contribution in [0.15, 0.2) is 16.9 Å². The van der Waals surface area contributed by atoms with Gasteiger partial charge in [-0.2, -0.15) is 0 Å². The van der Waals surface area contributed by atoms with Gasteiger partial charge in [-0.15, -0.1) is 21.5 Å². The molecule has 0 aliphatic heterocycles. The molecule has 2 rings (SSSR count). The molecule has 0 fully saturated rings. The summed E-state index contributed by atoms with van der Waals surface area (Å²) in [6.07, 6.45) is 1.72. The van der Waals surface area contributed by atoms with Crippen LogP contribution in [0.2, 0.25) is 0 Å². The topological polar surface area (TPSA) is 101 Å². The van der Waals surface area contributed by atoms with E-state index in [1.807, 2.05) is 0 Å². The van der Waals surface area contributed by atoms with Gasteiger partial charge in [-0.05, 0) is 0 Å². The second-order valence-corrected chi connectivity index (χ2v) is 5.21. The van der Waals surface area contributed by atoms with E-state index in [1.165, 1.54) is 11.3 Å². The third kappa shape index (κ3) is 3.06. The van der Waals surface area contributed by atoms with E-state index in [0.29, 0.717) is 17.5 Å². The number of hydrogen-bond acceptors (Lipinski definition) is 7. The normalized spacial score (nSPS) is 10.7. The van der Waals surface area contributed by atoms with Crippen LogP contribution < -0.4 is 0 Å². The number of carboxylic acid groups (broad SMARTS) is 1. The molecule has 0 amide bonds. The van der Waals surface area contributed by atoms with Gasteiger partial charge in [-0.1, -0.05) is 11.8 Å². The quantitative estimate of drug-likeness (QED) is 0.743. The van der Waals surface area contributed by atoms with Gasteiger partial charge in [0.15, 0.2) is 11.0 Å². The monoisotopic (exact) mass is 286 g/mol. The van der Waals surface area contributed by atoms with E-state index in [-0.39, 0.29) is 12.4 Å². The number of carboxylic acids is 1. The van der Waals surface area contributed by atoms with Crippen molar-refractivity contribution in [1.29, 1.82) is 0 Å². The van der Waals surface area contributed by atoms with E-state index in [0.717, 1.165) is 16.6 Å². The lowest BCUT2D eigenvalue weighted by molar-refractivity contribution is -0.133. The number of rotatable bonds is 6. The molecule has 18 heavy (non-hydrogen) atoms. The lowest BCUT2D eigenvalue weighted by Crippen LogP contribution is -2.07. The molecule has 9 heteroatoms. The summed E-state index contributed by atoms with van der Waals surface area (Å²) in [4.78, 5) is 15.5. The first-order valence-corrected chi connectivity index (χ1v) is 6.82. The minimum atomic E-state index is -0.919. The van der Waals surface area contributed by atoms with Crippen molar-refractivity contribution in [2.45, 2.75) is 18.3 Å². The zero-order chi connectivity index (χ0) is 13.0. The van der Waals surface area contributed by atoms with Crippen LogP contribution in [-0.2, 0) is 17.9 Å². The van der Waals surface area contributed by atoms with Crippen LogP contribution in [0.4, 0.5) is 0 Å². The van der Waals surface area contributed by atoms with Crippen LogP contribution in [0, 0.1) is 0 Å². The molecule has 2 aromatic rings. The third-order valence-electron chi connectivity index (χ3n) is 2.06. The molecular formula is C9H10N4O3S2. The average molecular weight is 286 g/mol. The van der Waals surface area contributed by atoms with Crippen LogP contribution in [0.25, 0.3) is 0 Å². The maximum atomic E-state index is 10.5. The summed E-state index contributed by atoms with van der Waals surface area (Å²) in [7, 11) is 0. The Morgan fingerprint density at radius 3 is 2.94 bits per heavy atom. The van der Waals surface area contributed by atoms with Crippen LogP contribution in [0.5, 0.6) is 0 Å². The summed E-state index contributed by atoms with van der Waals surface area (Å²) < 4.78 is 1.70. The Hall–Kier alpha value is -1.45. The highest BCUT2D eigenvalue weighted by atomic mass is 32.2. The Kier molecular flexibility index (Phi) is 4.28. The molecule has 0 saturated heterocycles. The highest BCUT2D eigenvalue weighted by Gasteiger charge is 2.14. The van der Waals surface area contributed by atoms with Gasteiger partial charge in [0, 0.05) is 11.1 Å². The van der Waals surface area contributed by atoms with E-state index < -0.39 is 5.97 Å². The van der Waals surface area contributed by atoms with Crippen molar-refractivity contribution in [3.05, 3.63) is 22.4 Å². The maximum absolute atomic E-state index is 10.5. The van der Waals surface area contributed by atoms with Gasteiger partial charge in [-0.3, -0.25) is 14.3 Å². The van der Waals surface area contributed by atoms with E-state index >= 15 is 0 Å². The third-order valence-corrected chi connectivity index (χ3v) is 3.77. The van der Waals surface area contributed by atoms with E-state index in [9.17, 15) is 9.90 Å². The highest BCUT2D eigenvalue weighted by Crippen LogP contribution is 2.19. The number of aromatic nitrogens is 4. The molecule has 0 atom stereocenters. The maximum Gasteiger partial charge on any atom is 0.313 e. The second-order valence-electron chi connectivity index (χ2n) is 3.29. The van der Waals surface area contributed by atoms with Gasteiger partial charge in [0.25, 0.3) is 0 Å². The van der Waals surface area contributed by atoms with Crippen molar-refractivity contribution in [3.63, 3.8) is 0 Å². The lowest BCUT2D eigenvalue weighted by atomic mass is 10.5. The van der Waals surface area contributed by atoms with Crippen molar-refractivity contribution in [2.24, 2.45) is 0 Å². The van der Waals surface area contributed by atoms with E-state index in [4.69, 9.17) is 5.11 Å². The van der Waals surface area contributed by atoms with E-state index in [1.54, 1.807) is 16.3 Å². The molecule has 0 aliphatic rings. The number of nitrogens with zero attached hydrogens (tertiary/aromatic N) is 4. The molecule has 0 unspecified atom stereocenters. The molecular weight excluding hydrogens is 276 g/mol. The fourth-order valence-corrected chi connectivity index (χ4v) is 2.56. The van der Waals surface area contributed by atoms with Gasteiger partial charge >= 0.3 is 5.97 Å². The Balaban J connectivity index is 2.19. The fourth-order valence-electron chi connectivity index (χ4n) is 1.30. The number of hydrogen-bond donors (Lipinski definition) is 2. The van der Waals surface area contributed by atoms with Crippen LogP contribution in [0.1, 0.15) is 10.7 Å². The van der Waals surface area contributed by atoms with Crippen molar-refractivity contribution in [1.82, 2.24) is 19.7 Å². The number of aliphatic carboxylic acids is 1. The molecule has 2 heterocycles. The average Bonchev–Trinajstić information content (AvgIpc) is 2.97. The molecule has 0 radical (unpaired) electrons. The Morgan fingerprint density at radius 1 is 1.50 bits per heavy atom. The van der Waals surface area contributed by atoms with Gasteiger partial charge < -0.3 is 10.2 Å². The Labute approximate surface area is 111 Å². The highest BCUT2D eigenvalue weighted by molar-refractivity contribution is 7.99. The first kappa shape index (κ1) is 13.0. The fraction of sp³-hybridized carbons (Fsp3) is 0.333. The lowest BCUT2D eigenvalue weighted by Gasteiger charge is -2.06. The zero-order valence-electron chi connectivity index (χ0n) is 9.18. The SMILES string of the molecule is O=C(O)CSc1nnc(CO)n1Cc1cncs1. The van der Waals surface area contributed by atoms with Gasteiger partial charge in [0.05, 0.1) is 17.8 Å². The van der Waals surface area contributed by atoms with Crippen molar-refractivity contribution >= 4 is 29.1 Å². The summed E-state index contributed by atoms with van der Waals surface area (Å²) >= 11 is 2.55. The van der Waals surface area contributed by atoms with Crippen molar-refractivity contribution < 1.29 is 15.0 Å². The smallest absolute Gasteiger partial charge is 0.313 e. The molecule has 2 aromatic heterocycles. The molecule has 2 N–H and O–H groups in total. The van der Waals surface area contributed by atoms with Crippen LogP contribution in [0.3, 0.4) is 0 Å². The molecule has 0 aliphatic carbocycles. The number of thioether (sulfide) groups is 1. The molecule has 0 aromatic carbocycles. The predicted octanol–water partition coefficient (Wildman–Crippen LogP) is 0.452. The summed E-state index contributed by atoms with van der Waals surface area (Å²) in [6.45, 7) is 0.245. The van der Waals surface area contributed by atoms with Crippen LogP contribution in [-0.4, -0.2) is 41.7 Å². The first-order chi connectivity index (χ1) is 8.70. The van der Waals surface area contributed by atoms with Gasteiger partial charge in [-0.25, -0.2) is 0 Å². The standard InChI is InChI=1S/C9H10N4O3S2/c14-3-7-11-12-9(17-4-8(15)16)13(7)2-6-1-10-5-18-6/h1,5,14H,2-4H2,(H,15,16). The van der Waals surface area contributed by atoms with Crippen molar-refractivity contribution in [3.8, 4) is 0 Å². The summed E-state index contributed by atoms with van der Waals surface area (Å²) in [5.41, 5.74) is 1.71. The molecule has 0 saturated carbocycles. The molecule has 7 nitrogen and oxygen atoms in total. The Morgan fingerprint density at radius 2 is 2.33 bits per heavy atom. The number of aliphatic hydroxyl groups excluding tert-OH is 1. The Bertz CT molecular complexity index is 526. The number of thiazole rings is 1. The van der Waals surface area contributed by atoms with Gasteiger partial charge in [0.2, 0.25) is 0 Å². The van der Waals surface area contributed by atoms with E-state index in [2.05, 4.69) is 15.2 Å². The zero-order valence-corrected chi connectivity index (χ0v) is 10.8. The predicted molar refractivity (Wildman–Crippen MR) is 65.5 cm³/mol. The summed E-state index contributed by atoms with van der Waals surface area (Å²) in [6, 6.07) is 0. The first-order valence-electron chi connectivity index (χ1n) is 4.95. The number of carbonyl (C=O) groups is 1. The van der Waals surface area contributed by atoms with Gasteiger partial charge in [0.1, 0.15) is 6.61 Å². The molecule has 0 bridgehead atoms. The number of aliphatic hydroxyl groups is 1. The summed E-state index contributed by atoms with van der Waals surface area (Å²) in [5.74, 6) is -0.596.